The Morgan fingerprint density at radius 2 is 2.25 bits per heavy atom. The van der Waals surface area contributed by atoms with E-state index in [-0.39, 0.29) is 6.03 Å². The highest BCUT2D eigenvalue weighted by molar-refractivity contribution is 5.76. The van der Waals surface area contributed by atoms with Crippen molar-refractivity contribution in [3.05, 3.63) is 23.8 Å². The van der Waals surface area contributed by atoms with Crippen LogP contribution in [0.25, 0.3) is 0 Å². The third-order valence-electron chi connectivity index (χ3n) is 3.23. The highest BCUT2D eigenvalue weighted by Gasteiger charge is 2.19. The maximum Gasteiger partial charge on any atom is 0.317 e. The van der Waals surface area contributed by atoms with E-state index in [1.165, 1.54) is 0 Å². The summed E-state index contributed by atoms with van der Waals surface area (Å²) in [6.45, 7) is 4.03. The monoisotopic (exact) mass is 280 g/mol. The zero-order valence-electron chi connectivity index (χ0n) is 11.8. The van der Waals surface area contributed by atoms with Crippen LogP contribution >= 0.6 is 0 Å². The quantitative estimate of drug-likeness (QED) is 0.820. The van der Waals surface area contributed by atoms with Gasteiger partial charge in [-0.3, -0.25) is 0 Å². The molecule has 2 rings (SSSR count). The molecule has 1 aliphatic rings. The Kier molecular flexibility index (Phi) is 4.68. The van der Waals surface area contributed by atoms with Crippen molar-refractivity contribution in [2.75, 3.05) is 33.4 Å². The molecule has 1 saturated heterocycles. The number of rotatable bonds is 6. The van der Waals surface area contributed by atoms with E-state index >= 15 is 0 Å². The first-order chi connectivity index (χ1) is 9.61. The fraction of sp³-hybridized carbons (Fsp3) is 0.500. The van der Waals surface area contributed by atoms with Crippen LogP contribution in [0.1, 0.15) is 18.6 Å². The molecule has 0 aromatic heterocycles. The number of hydrogen-bond donors (Lipinski definition) is 2. The minimum Gasteiger partial charge on any atom is -0.493 e. The Hall–Kier alpha value is -1.95. The fourth-order valence-electron chi connectivity index (χ4n) is 2.05. The summed E-state index contributed by atoms with van der Waals surface area (Å²) in [5.41, 5.74) is 0.771. The highest BCUT2D eigenvalue weighted by atomic mass is 16.5. The van der Waals surface area contributed by atoms with Crippen LogP contribution in [0.2, 0.25) is 0 Å². The van der Waals surface area contributed by atoms with Gasteiger partial charge in [-0.2, -0.15) is 0 Å². The molecule has 0 bridgehead atoms. The molecule has 1 aromatic rings. The van der Waals surface area contributed by atoms with Crippen molar-refractivity contribution in [1.82, 2.24) is 10.2 Å². The van der Waals surface area contributed by atoms with Gasteiger partial charge in [-0.25, -0.2) is 4.79 Å². The van der Waals surface area contributed by atoms with Gasteiger partial charge < -0.3 is 24.8 Å². The molecule has 6 heteroatoms. The van der Waals surface area contributed by atoms with Crippen LogP contribution in [0.4, 0.5) is 4.79 Å². The average Bonchev–Trinajstić information content (AvgIpc) is 2.84. The van der Waals surface area contributed by atoms with Crippen LogP contribution in [0, 0.1) is 0 Å². The lowest BCUT2D eigenvalue weighted by Gasteiger charge is -2.16. The molecule has 1 heterocycles. The Labute approximate surface area is 118 Å². The molecule has 20 heavy (non-hydrogen) atoms. The molecule has 2 N–H and O–H groups in total. The van der Waals surface area contributed by atoms with Gasteiger partial charge in [-0.05, 0) is 24.6 Å². The number of urea groups is 1. The Morgan fingerprint density at radius 3 is 2.85 bits per heavy atom. The van der Waals surface area contributed by atoms with E-state index in [1.54, 1.807) is 37.1 Å². The van der Waals surface area contributed by atoms with E-state index in [1.807, 2.05) is 0 Å². The zero-order valence-corrected chi connectivity index (χ0v) is 11.8. The number of carbonyl (C=O) groups is 1. The number of amides is 2. The second-order valence-corrected chi connectivity index (χ2v) is 4.65. The molecule has 1 aliphatic heterocycles. The second-order valence-electron chi connectivity index (χ2n) is 4.65. The molecule has 2 amide bonds. The van der Waals surface area contributed by atoms with Crippen molar-refractivity contribution in [2.24, 2.45) is 0 Å². The third-order valence-corrected chi connectivity index (χ3v) is 3.23. The van der Waals surface area contributed by atoms with Gasteiger partial charge in [-0.1, -0.05) is 6.07 Å². The standard InChI is InChI=1S/C14H20N2O4/c1-10(17)11-3-4-12(13(9-11)19-2)20-8-7-16-6-5-15-14(16)18/h3-4,9-10,17H,5-8H2,1-2H3,(H,15,18). The molecule has 0 spiro atoms. The van der Waals surface area contributed by atoms with Gasteiger partial charge in [0.15, 0.2) is 11.5 Å². The summed E-state index contributed by atoms with van der Waals surface area (Å²) in [6, 6.07) is 5.27. The lowest BCUT2D eigenvalue weighted by atomic mass is 10.1. The predicted octanol–water partition coefficient (Wildman–Crippen LogP) is 1.15. The number of benzene rings is 1. The number of aliphatic hydroxyl groups excluding tert-OH is 1. The van der Waals surface area contributed by atoms with Crippen molar-refractivity contribution < 1.29 is 19.4 Å². The molecule has 0 saturated carbocycles. The van der Waals surface area contributed by atoms with Crippen LogP contribution < -0.4 is 14.8 Å². The Bertz CT molecular complexity index is 476. The first-order valence-corrected chi connectivity index (χ1v) is 6.63. The van der Waals surface area contributed by atoms with Crippen LogP contribution in [-0.4, -0.2) is 49.4 Å². The smallest absolute Gasteiger partial charge is 0.317 e. The average molecular weight is 280 g/mol. The van der Waals surface area contributed by atoms with E-state index in [9.17, 15) is 9.90 Å². The lowest BCUT2D eigenvalue weighted by molar-refractivity contribution is 0.196. The van der Waals surface area contributed by atoms with Crippen LogP contribution in [0.3, 0.4) is 0 Å². The molecular formula is C14H20N2O4. The molecule has 6 nitrogen and oxygen atoms in total. The first kappa shape index (κ1) is 14.5. The number of carbonyl (C=O) groups excluding carboxylic acids is 1. The van der Waals surface area contributed by atoms with Gasteiger partial charge >= 0.3 is 6.03 Å². The summed E-state index contributed by atoms with van der Waals surface area (Å²) in [5, 5.41) is 12.3. The van der Waals surface area contributed by atoms with E-state index in [2.05, 4.69) is 5.32 Å². The molecule has 1 unspecified atom stereocenters. The number of methoxy groups -OCH3 is 1. The number of ether oxygens (including phenoxy) is 2. The molecule has 110 valence electrons. The maximum absolute atomic E-state index is 11.4. The largest absolute Gasteiger partial charge is 0.493 e. The summed E-state index contributed by atoms with van der Waals surface area (Å²) in [7, 11) is 1.56. The van der Waals surface area contributed by atoms with Crippen molar-refractivity contribution >= 4 is 6.03 Å². The molecule has 1 atom stereocenters. The fourth-order valence-corrected chi connectivity index (χ4v) is 2.05. The number of aliphatic hydroxyl groups is 1. The molecule has 1 fully saturated rings. The highest BCUT2D eigenvalue weighted by Crippen LogP contribution is 2.30. The van der Waals surface area contributed by atoms with E-state index in [0.29, 0.717) is 37.7 Å². The number of hydrogen-bond acceptors (Lipinski definition) is 4. The van der Waals surface area contributed by atoms with Gasteiger partial charge in [0.1, 0.15) is 6.61 Å². The van der Waals surface area contributed by atoms with Crippen molar-refractivity contribution in [3.63, 3.8) is 0 Å². The SMILES string of the molecule is COc1cc(C(C)O)ccc1OCCN1CCNC1=O. The van der Waals surface area contributed by atoms with Gasteiger partial charge in [0.2, 0.25) is 0 Å². The van der Waals surface area contributed by atoms with E-state index in [0.717, 1.165) is 5.56 Å². The van der Waals surface area contributed by atoms with Crippen molar-refractivity contribution in [2.45, 2.75) is 13.0 Å². The molecule has 0 aliphatic carbocycles. The van der Waals surface area contributed by atoms with Gasteiger partial charge in [0, 0.05) is 13.1 Å². The minimum atomic E-state index is -0.550. The van der Waals surface area contributed by atoms with Crippen LogP contribution in [0.5, 0.6) is 11.5 Å². The summed E-state index contributed by atoms with van der Waals surface area (Å²) >= 11 is 0. The summed E-state index contributed by atoms with van der Waals surface area (Å²) < 4.78 is 10.9. The summed E-state index contributed by atoms with van der Waals surface area (Å²) in [4.78, 5) is 13.1. The predicted molar refractivity (Wildman–Crippen MR) is 74.1 cm³/mol. The minimum absolute atomic E-state index is 0.0509. The number of nitrogens with one attached hydrogen (secondary N) is 1. The van der Waals surface area contributed by atoms with Crippen molar-refractivity contribution in [3.8, 4) is 11.5 Å². The maximum atomic E-state index is 11.4. The first-order valence-electron chi connectivity index (χ1n) is 6.63. The van der Waals surface area contributed by atoms with E-state index in [4.69, 9.17) is 9.47 Å². The number of nitrogens with zero attached hydrogens (tertiary/aromatic N) is 1. The Balaban J connectivity index is 1.93. The van der Waals surface area contributed by atoms with Gasteiger partial charge in [-0.15, -0.1) is 0 Å². The van der Waals surface area contributed by atoms with Crippen LogP contribution in [0.15, 0.2) is 18.2 Å². The summed E-state index contributed by atoms with van der Waals surface area (Å²) in [6.07, 6.45) is -0.550. The normalized spacial score (nSPS) is 15.9. The zero-order chi connectivity index (χ0) is 14.5. The van der Waals surface area contributed by atoms with Gasteiger partial charge in [0.25, 0.3) is 0 Å². The molecular weight excluding hydrogens is 260 g/mol. The lowest BCUT2D eigenvalue weighted by Crippen LogP contribution is -2.31. The second kappa shape index (κ2) is 6.47. The molecule has 0 radical (unpaired) electrons. The Morgan fingerprint density at radius 1 is 1.45 bits per heavy atom. The summed E-state index contributed by atoms with van der Waals surface area (Å²) in [5.74, 6) is 1.19. The third kappa shape index (κ3) is 3.33. The van der Waals surface area contributed by atoms with E-state index < -0.39 is 6.10 Å². The van der Waals surface area contributed by atoms with Crippen LogP contribution in [-0.2, 0) is 0 Å². The topological polar surface area (TPSA) is 71.0 Å². The molecule has 1 aromatic carbocycles. The van der Waals surface area contributed by atoms with Gasteiger partial charge in [0.05, 0.1) is 19.8 Å². The van der Waals surface area contributed by atoms with Crippen molar-refractivity contribution in [1.29, 1.82) is 0 Å².